The number of rotatable bonds is 4. The zero-order valence-electron chi connectivity index (χ0n) is 12.9. The predicted octanol–water partition coefficient (Wildman–Crippen LogP) is 4.11. The van der Waals surface area contributed by atoms with E-state index in [-0.39, 0.29) is 11.6 Å². The Bertz CT molecular complexity index is 950. The molecule has 0 aliphatic heterocycles. The van der Waals surface area contributed by atoms with Crippen LogP contribution in [0, 0.1) is 11.3 Å². The van der Waals surface area contributed by atoms with Crippen LogP contribution in [-0.4, -0.2) is 15.9 Å². The first kappa shape index (κ1) is 16.6. The van der Waals surface area contributed by atoms with Crippen LogP contribution >= 0.6 is 15.9 Å². The van der Waals surface area contributed by atoms with E-state index in [4.69, 9.17) is 5.26 Å². The number of anilines is 3. The summed E-state index contributed by atoms with van der Waals surface area (Å²) < 4.78 is 0.780. The van der Waals surface area contributed by atoms with Gasteiger partial charge in [-0.05, 0) is 40.2 Å². The first-order chi connectivity index (χ1) is 12.2. The van der Waals surface area contributed by atoms with Gasteiger partial charge in [-0.15, -0.1) is 0 Å². The molecule has 0 aliphatic rings. The van der Waals surface area contributed by atoms with Crippen LogP contribution in [0.1, 0.15) is 16.1 Å². The lowest BCUT2D eigenvalue weighted by Gasteiger charge is -2.08. The van der Waals surface area contributed by atoms with E-state index in [0.29, 0.717) is 22.8 Å². The molecule has 1 amide bonds. The fourth-order valence-electron chi connectivity index (χ4n) is 2.09. The molecule has 0 fully saturated rings. The van der Waals surface area contributed by atoms with Gasteiger partial charge in [0.05, 0.1) is 29.3 Å². The van der Waals surface area contributed by atoms with Crippen LogP contribution in [0.5, 0.6) is 0 Å². The summed E-state index contributed by atoms with van der Waals surface area (Å²) in [6.45, 7) is 0. The van der Waals surface area contributed by atoms with Crippen LogP contribution in [0.25, 0.3) is 0 Å². The van der Waals surface area contributed by atoms with Crippen molar-refractivity contribution in [2.75, 3.05) is 10.6 Å². The number of carbonyl (C=O) groups excluding carboxylic acids is 1. The van der Waals surface area contributed by atoms with Crippen LogP contribution in [-0.2, 0) is 0 Å². The lowest BCUT2D eigenvalue weighted by atomic mass is 10.2. The summed E-state index contributed by atoms with van der Waals surface area (Å²) in [6.07, 6.45) is 2.83. The Morgan fingerprint density at radius 3 is 2.40 bits per heavy atom. The molecule has 0 saturated heterocycles. The van der Waals surface area contributed by atoms with E-state index >= 15 is 0 Å². The number of hydrogen-bond donors (Lipinski definition) is 2. The second-order valence-electron chi connectivity index (χ2n) is 5.00. The summed E-state index contributed by atoms with van der Waals surface area (Å²) in [5.74, 6) is 0.0866. The normalized spacial score (nSPS) is 9.92. The van der Waals surface area contributed by atoms with Crippen molar-refractivity contribution in [3.63, 3.8) is 0 Å². The lowest BCUT2D eigenvalue weighted by molar-refractivity contribution is 0.102. The molecule has 3 rings (SSSR count). The van der Waals surface area contributed by atoms with Gasteiger partial charge in [-0.1, -0.05) is 24.3 Å². The van der Waals surface area contributed by atoms with Gasteiger partial charge in [-0.25, -0.2) is 9.97 Å². The first-order valence-corrected chi connectivity index (χ1v) is 8.11. The molecule has 6 nitrogen and oxygen atoms in total. The number of halogens is 1. The van der Waals surface area contributed by atoms with Crippen molar-refractivity contribution >= 4 is 39.0 Å². The topological polar surface area (TPSA) is 90.7 Å². The molecular weight excluding hydrogens is 382 g/mol. The van der Waals surface area contributed by atoms with E-state index in [2.05, 4.69) is 42.6 Å². The molecule has 25 heavy (non-hydrogen) atoms. The number of nitriles is 1. The maximum absolute atomic E-state index is 12.2. The Hall–Kier alpha value is -3.24. The van der Waals surface area contributed by atoms with Crippen molar-refractivity contribution in [3.8, 4) is 6.07 Å². The lowest BCUT2D eigenvalue weighted by Crippen LogP contribution is -2.14. The molecule has 1 aromatic heterocycles. The number of hydrogen-bond acceptors (Lipinski definition) is 5. The monoisotopic (exact) mass is 393 g/mol. The highest BCUT2D eigenvalue weighted by Crippen LogP contribution is 2.22. The average Bonchev–Trinajstić information content (AvgIpc) is 2.64. The van der Waals surface area contributed by atoms with Gasteiger partial charge in [0, 0.05) is 4.47 Å². The highest BCUT2D eigenvalue weighted by atomic mass is 79.9. The van der Waals surface area contributed by atoms with Gasteiger partial charge < -0.3 is 10.6 Å². The molecule has 0 unspecified atom stereocenters. The Balaban J connectivity index is 1.73. The summed E-state index contributed by atoms with van der Waals surface area (Å²) in [6, 6.07) is 16.5. The molecule has 1 heterocycles. The minimum Gasteiger partial charge on any atom is -0.338 e. The number of aromatic nitrogens is 2. The van der Waals surface area contributed by atoms with Crippen molar-refractivity contribution in [2.24, 2.45) is 0 Å². The van der Waals surface area contributed by atoms with Crippen molar-refractivity contribution in [1.29, 1.82) is 5.26 Å². The smallest absolute Gasteiger partial charge is 0.275 e. The van der Waals surface area contributed by atoms with E-state index < -0.39 is 0 Å². The third-order valence-electron chi connectivity index (χ3n) is 3.32. The highest BCUT2D eigenvalue weighted by molar-refractivity contribution is 9.10. The Kier molecular flexibility index (Phi) is 5.02. The fraction of sp³-hybridized carbons (Fsp3) is 0. The van der Waals surface area contributed by atoms with Crippen LogP contribution in [0.3, 0.4) is 0 Å². The molecule has 0 saturated carbocycles. The maximum Gasteiger partial charge on any atom is 0.275 e. The molecule has 2 aromatic carbocycles. The van der Waals surface area contributed by atoms with E-state index in [9.17, 15) is 4.79 Å². The third kappa shape index (κ3) is 4.00. The molecule has 7 heteroatoms. The Morgan fingerprint density at radius 2 is 1.72 bits per heavy atom. The summed E-state index contributed by atoms with van der Waals surface area (Å²) in [5.41, 5.74) is 1.97. The number of benzene rings is 2. The number of nitrogens with zero attached hydrogens (tertiary/aromatic N) is 3. The molecule has 2 N–H and O–H groups in total. The van der Waals surface area contributed by atoms with E-state index in [1.807, 2.05) is 24.3 Å². The summed E-state index contributed by atoms with van der Waals surface area (Å²) >= 11 is 3.37. The van der Waals surface area contributed by atoms with Gasteiger partial charge in [0.2, 0.25) is 0 Å². The summed E-state index contributed by atoms with van der Waals surface area (Å²) in [7, 11) is 0. The molecular formula is C18H12BrN5O. The van der Waals surface area contributed by atoms with E-state index in [1.54, 1.807) is 24.3 Å². The van der Waals surface area contributed by atoms with E-state index in [0.717, 1.165) is 4.47 Å². The van der Waals surface area contributed by atoms with Gasteiger partial charge in [0.15, 0.2) is 0 Å². The maximum atomic E-state index is 12.2. The highest BCUT2D eigenvalue weighted by Gasteiger charge is 2.10. The largest absolute Gasteiger partial charge is 0.338 e. The minimum absolute atomic E-state index is 0.190. The number of carbonyl (C=O) groups is 1. The minimum atomic E-state index is -0.358. The Labute approximate surface area is 152 Å². The van der Waals surface area contributed by atoms with Crippen molar-refractivity contribution < 1.29 is 4.79 Å². The van der Waals surface area contributed by atoms with Crippen molar-refractivity contribution in [3.05, 3.63) is 76.7 Å². The van der Waals surface area contributed by atoms with Crippen LogP contribution in [0.2, 0.25) is 0 Å². The molecule has 0 bridgehead atoms. The van der Waals surface area contributed by atoms with Gasteiger partial charge in [-0.3, -0.25) is 4.79 Å². The first-order valence-electron chi connectivity index (χ1n) is 7.31. The van der Waals surface area contributed by atoms with Crippen LogP contribution in [0.15, 0.2) is 65.4 Å². The molecule has 0 spiro atoms. The molecule has 0 radical (unpaired) electrons. The Morgan fingerprint density at radius 1 is 1.00 bits per heavy atom. The standard InChI is InChI=1S/C18H12BrN5O/c19-13-6-2-4-8-15(13)24-18(25)16-10-22-17(11-21-16)23-14-7-3-1-5-12(14)9-20/h1-8,10-11H,(H,22,23)(H,24,25). The van der Waals surface area contributed by atoms with Crippen molar-refractivity contribution in [1.82, 2.24) is 9.97 Å². The average molecular weight is 394 g/mol. The molecule has 122 valence electrons. The SMILES string of the molecule is N#Cc1ccccc1Nc1cnc(C(=O)Nc2ccccc2Br)cn1. The van der Waals surface area contributed by atoms with Crippen molar-refractivity contribution in [2.45, 2.75) is 0 Å². The van der Waals surface area contributed by atoms with Crippen LogP contribution < -0.4 is 10.6 Å². The van der Waals surface area contributed by atoms with Gasteiger partial charge in [0.1, 0.15) is 17.6 Å². The van der Waals surface area contributed by atoms with E-state index in [1.165, 1.54) is 12.4 Å². The van der Waals surface area contributed by atoms with Gasteiger partial charge in [0.25, 0.3) is 5.91 Å². The third-order valence-corrected chi connectivity index (χ3v) is 4.01. The van der Waals surface area contributed by atoms with Gasteiger partial charge >= 0.3 is 0 Å². The molecule has 0 atom stereocenters. The second kappa shape index (κ2) is 7.55. The van der Waals surface area contributed by atoms with Gasteiger partial charge in [-0.2, -0.15) is 5.26 Å². The predicted molar refractivity (Wildman–Crippen MR) is 98.6 cm³/mol. The summed E-state index contributed by atoms with van der Waals surface area (Å²) in [4.78, 5) is 20.5. The molecule has 3 aromatic rings. The van der Waals surface area contributed by atoms with Crippen LogP contribution in [0.4, 0.5) is 17.2 Å². The number of nitrogens with one attached hydrogen (secondary N) is 2. The number of amides is 1. The quantitative estimate of drug-likeness (QED) is 0.695. The second-order valence-corrected chi connectivity index (χ2v) is 5.86. The zero-order valence-corrected chi connectivity index (χ0v) is 14.5. The fourth-order valence-corrected chi connectivity index (χ4v) is 2.47. The number of para-hydroxylation sites is 2. The molecule has 0 aliphatic carbocycles. The summed E-state index contributed by atoms with van der Waals surface area (Å²) in [5, 5.41) is 14.9. The zero-order chi connectivity index (χ0) is 17.6.